The minimum atomic E-state index is -1.19. The second-order valence-corrected chi connectivity index (χ2v) is 14.5. The van der Waals surface area contributed by atoms with Crippen molar-refractivity contribution >= 4 is 35.0 Å². The molecule has 0 bridgehead atoms. The standard InChI is InChI=1S/C47H55N3O9/c1-32(14-10-12-24-48-30-42(53)35-15-6-4-7-16-35)40(51)28-33-20-22-44(58-2)37(26-33)46(55)50-39(19-11-13-25-49-31-43(54)36-17-8-5-9-18-36)41(52)29-34-21-23-45(59-3)38(27-34)47(56)57/h4-9,15-18,20-23,26-27,32,39,48-49H,10-14,19,24-25,28-31H2,1-3H3,(H,50,55)(H,56,57)/t32-,39-/m0/s1. The summed E-state index contributed by atoms with van der Waals surface area (Å²) in [4.78, 5) is 77.6. The quantitative estimate of drug-likeness (QED) is 0.0391. The first kappa shape index (κ1) is 45.7. The van der Waals surface area contributed by atoms with Gasteiger partial charge in [0.15, 0.2) is 17.3 Å². The fourth-order valence-electron chi connectivity index (χ4n) is 6.64. The normalized spacial score (nSPS) is 11.9. The van der Waals surface area contributed by atoms with E-state index in [1.807, 2.05) is 43.3 Å². The summed E-state index contributed by atoms with van der Waals surface area (Å²) in [6, 6.07) is 26.7. The van der Waals surface area contributed by atoms with Crippen LogP contribution in [0.3, 0.4) is 0 Å². The van der Waals surface area contributed by atoms with Gasteiger partial charge in [0.25, 0.3) is 5.91 Å². The molecule has 0 aliphatic carbocycles. The number of ether oxygens (including phenoxy) is 2. The predicted molar refractivity (Wildman–Crippen MR) is 226 cm³/mol. The van der Waals surface area contributed by atoms with Crippen molar-refractivity contribution in [2.75, 3.05) is 40.4 Å². The van der Waals surface area contributed by atoms with Crippen LogP contribution >= 0.6 is 0 Å². The van der Waals surface area contributed by atoms with Gasteiger partial charge in [-0.2, -0.15) is 0 Å². The fraction of sp³-hybridized carbons (Fsp3) is 0.362. The third-order valence-corrected chi connectivity index (χ3v) is 10.1. The minimum absolute atomic E-state index is 0.0288. The van der Waals surface area contributed by atoms with Crippen molar-refractivity contribution in [1.29, 1.82) is 0 Å². The number of hydrogen-bond donors (Lipinski definition) is 4. The summed E-state index contributed by atoms with van der Waals surface area (Å²) in [5.41, 5.74) is 2.47. The van der Waals surface area contributed by atoms with Crippen molar-refractivity contribution in [3.8, 4) is 11.5 Å². The lowest BCUT2D eigenvalue weighted by atomic mass is 9.93. The van der Waals surface area contributed by atoms with Crippen LogP contribution in [0.15, 0.2) is 97.1 Å². The summed E-state index contributed by atoms with van der Waals surface area (Å²) in [5, 5.41) is 18.9. The average molecular weight is 806 g/mol. The summed E-state index contributed by atoms with van der Waals surface area (Å²) >= 11 is 0. The molecule has 0 aromatic heterocycles. The number of carbonyl (C=O) groups excluding carboxylic acids is 5. The first-order valence-electron chi connectivity index (χ1n) is 20.0. The monoisotopic (exact) mass is 805 g/mol. The Hall–Kier alpha value is -5.98. The summed E-state index contributed by atoms with van der Waals surface area (Å²) < 4.78 is 10.7. The van der Waals surface area contributed by atoms with E-state index in [9.17, 15) is 33.9 Å². The molecule has 0 heterocycles. The molecule has 0 aliphatic rings. The van der Waals surface area contributed by atoms with Gasteiger partial charge in [0.1, 0.15) is 22.8 Å². The third kappa shape index (κ3) is 14.7. The van der Waals surface area contributed by atoms with Crippen LogP contribution in [0.1, 0.15) is 98.0 Å². The van der Waals surface area contributed by atoms with Gasteiger partial charge in [0.2, 0.25) is 0 Å². The molecule has 12 nitrogen and oxygen atoms in total. The Kier molecular flexibility index (Phi) is 18.6. The van der Waals surface area contributed by atoms with Crippen molar-refractivity contribution in [3.05, 3.63) is 130 Å². The number of ketones is 4. The number of hydrogen-bond acceptors (Lipinski definition) is 10. The van der Waals surface area contributed by atoms with E-state index in [0.29, 0.717) is 54.6 Å². The molecular formula is C47H55N3O9. The molecule has 312 valence electrons. The summed E-state index contributed by atoms with van der Waals surface area (Å²) in [5.74, 6) is -1.79. The Balaban J connectivity index is 1.35. The Bertz CT molecular complexity index is 2040. The lowest BCUT2D eigenvalue weighted by Crippen LogP contribution is -2.42. The zero-order valence-corrected chi connectivity index (χ0v) is 34.1. The molecule has 4 aromatic carbocycles. The second kappa shape index (κ2) is 24.1. The fourth-order valence-corrected chi connectivity index (χ4v) is 6.64. The van der Waals surface area contributed by atoms with Gasteiger partial charge < -0.3 is 30.5 Å². The van der Waals surface area contributed by atoms with Crippen molar-refractivity contribution in [2.45, 2.75) is 64.3 Å². The van der Waals surface area contributed by atoms with E-state index < -0.39 is 17.9 Å². The van der Waals surface area contributed by atoms with Crippen LogP contribution in [0, 0.1) is 5.92 Å². The van der Waals surface area contributed by atoms with Crippen molar-refractivity contribution in [3.63, 3.8) is 0 Å². The zero-order chi connectivity index (χ0) is 42.6. The maximum Gasteiger partial charge on any atom is 0.339 e. The molecule has 0 aliphatic heterocycles. The number of benzene rings is 4. The molecule has 0 unspecified atom stereocenters. The van der Waals surface area contributed by atoms with Gasteiger partial charge in [-0.3, -0.25) is 24.0 Å². The molecule has 4 aromatic rings. The highest BCUT2D eigenvalue weighted by Crippen LogP contribution is 2.24. The Labute approximate surface area is 346 Å². The molecule has 4 N–H and O–H groups in total. The summed E-state index contributed by atoms with van der Waals surface area (Å²) in [6.45, 7) is 3.49. The molecule has 0 saturated carbocycles. The van der Waals surface area contributed by atoms with E-state index in [1.54, 1.807) is 48.5 Å². The maximum atomic E-state index is 13.9. The van der Waals surface area contributed by atoms with Gasteiger partial charge in [0, 0.05) is 29.9 Å². The van der Waals surface area contributed by atoms with Crippen LogP contribution in [0.2, 0.25) is 0 Å². The van der Waals surface area contributed by atoms with E-state index in [-0.39, 0.29) is 84.0 Å². The number of Topliss-reactive ketones (excluding diaryl/α,β-unsaturated/α-hetero) is 4. The number of carboxylic acid groups (broad SMARTS) is 1. The molecule has 2 atom stereocenters. The molecule has 1 amide bonds. The molecular weight excluding hydrogens is 751 g/mol. The topological polar surface area (TPSA) is 177 Å². The molecule has 0 spiro atoms. The first-order chi connectivity index (χ1) is 28.5. The van der Waals surface area contributed by atoms with Crippen LogP contribution in [0.4, 0.5) is 0 Å². The second-order valence-electron chi connectivity index (χ2n) is 14.5. The van der Waals surface area contributed by atoms with Crippen molar-refractivity contribution in [2.24, 2.45) is 5.92 Å². The van der Waals surface area contributed by atoms with Gasteiger partial charge in [-0.1, -0.05) is 86.1 Å². The number of carbonyl (C=O) groups is 6. The molecule has 59 heavy (non-hydrogen) atoms. The molecule has 0 saturated heterocycles. The number of methoxy groups -OCH3 is 2. The lowest BCUT2D eigenvalue weighted by Gasteiger charge is -2.20. The van der Waals surface area contributed by atoms with Crippen molar-refractivity contribution < 1.29 is 43.3 Å². The number of aromatic carboxylic acids is 1. The van der Waals surface area contributed by atoms with Gasteiger partial charge in [0.05, 0.1) is 38.9 Å². The highest BCUT2D eigenvalue weighted by atomic mass is 16.5. The van der Waals surface area contributed by atoms with E-state index >= 15 is 0 Å². The van der Waals surface area contributed by atoms with Crippen molar-refractivity contribution in [1.82, 2.24) is 16.0 Å². The summed E-state index contributed by atoms with van der Waals surface area (Å²) in [7, 11) is 2.80. The van der Waals surface area contributed by atoms with Gasteiger partial charge in [-0.15, -0.1) is 0 Å². The number of unbranched alkanes of at least 4 members (excludes halogenated alkanes) is 2. The molecule has 4 rings (SSSR count). The lowest BCUT2D eigenvalue weighted by molar-refractivity contribution is -0.122. The maximum absolute atomic E-state index is 13.9. The largest absolute Gasteiger partial charge is 0.496 e. The van der Waals surface area contributed by atoms with Crippen LogP contribution in [0.5, 0.6) is 11.5 Å². The van der Waals surface area contributed by atoms with E-state index in [1.165, 1.54) is 26.4 Å². The van der Waals surface area contributed by atoms with E-state index in [0.717, 1.165) is 12.8 Å². The predicted octanol–water partition coefficient (Wildman–Crippen LogP) is 6.35. The number of rotatable bonds is 27. The van der Waals surface area contributed by atoms with Gasteiger partial charge >= 0.3 is 5.97 Å². The van der Waals surface area contributed by atoms with Crippen LogP contribution in [-0.2, 0) is 22.4 Å². The number of carboxylic acids is 1. The Morgan fingerprint density at radius 2 is 1.07 bits per heavy atom. The molecule has 12 heteroatoms. The molecule has 0 fully saturated rings. The first-order valence-corrected chi connectivity index (χ1v) is 20.0. The van der Waals surface area contributed by atoms with Gasteiger partial charge in [-0.05, 0) is 80.6 Å². The SMILES string of the molecule is COc1ccc(CC(=O)[C@H](CCCCNCC(=O)c2ccccc2)NC(=O)c2cc(CC(=O)[C@@H](C)CCCCNCC(=O)c3ccccc3)ccc2OC)cc1C(=O)O. The Morgan fingerprint density at radius 3 is 1.58 bits per heavy atom. The van der Waals surface area contributed by atoms with Crippen LogP contribution in [0.25, 0.3) is 0 Å². The highest BCUT2D eigenvalue weighted by Gasteiger charge is 2.25. The third-order valence-electron chi connectivity index (χ3n) is 10.1. The van der Waals surface area contributed by atoms with E-state index in [4.69, 9.17) is 9.47 Å². The summed E-state index contributed by atoms with van der Waals surface area (Å²) in [6.07, 6.45) is 3.73. The van der Waals surface area contributed by atoms with Gasteiger partial charge in [-0.25, -0.2) is 4.79 Å². The zero-order valence-electron chi connectivity index (χ0n) is 34.1. The molecule has 0 radical (unpaired) electrons. The number of amides is 1. The minimum Gasteiger partial charge on any atom is -0.496 e. The van der Waals surface area contributed by atoms with E-state index in [2.05, 4.69) is 16.0 Å². The highest BCUT2D eigenvalue weighted by molar-refractivity contribution is 6.01. The Morgan fingerprint density at radius 1 is 0.593 bits per heavy atom. The van der Waals surface area contributed by atoms with Crippen LogP contribution < -0.4 is 25.4 Å². The number of nitrogens with one attached hydrogen (secondary N) is 3. The van der Waals surface area contributed by atoms with Crippen LogP contribution in [-0.4, -0.2) is 86.6 Å². The smallest absolute Gasteiger partial charge is 0.339 e. The average Bonchev–Trinajstić information content (AvgIpc) is 3.25.